The van der Waals surface area contributed by atoms with Crippen molar-refractivity contribution in [2.24, 2.45) is 4.99 Å². The Morgan fingerprint density at radius 3 is 2.61 bits per heavy atom. The normalized spacial score (nSPS) is 27.0. The maximum absolute atomic E-state index is 9.58. The lowest BCUT2D eigenvalue weighted by Gasteiger charge is -2.27. The molecule has 0 aromatic carbocycles. The molecule has 2 rings (SSSR count). The monoisotopic (exact) mass is 327 g/mol. The summed E-state index contributed by atoms with van der Waals surface area (Å²) < 4.78 is 11.2. The van der Waals surface area contributed by atoms with E-state index >= 15 is 0 Å². The van der Waals surface area contributed by atoms with Crippen molar-refractivity contribution < 1.29 is 14.6 Å². The topological polar surface area (TPSA) is 75.1 Å². The molecule has 0 aromatic heterocycles. The largest absolute Gasteiger partial charge is 0.393 e. The van der Waals surface area contributed by atoms with Crippen LogP contribution in [0.1, 0.15) is 51.9 Å². The number of nitrogens with zero attached hydrogens (tertiary/aromatic N) is 1. The summed E-state index contributed by atoms with van der Waals surface area (Å²) in [7, 11) is 0. The van der Waals surface area contributed by atoms with Gasteiger partial charge in [0.2, 0.25) is 0 Å². The molecule has 2 fully saturated rings. The number of rotatable bonds is 7. The number of ether oxygens (including phenoxy) is 2. The van der Waals surface area contributed by atoms with E-state index in [9.17, 15) is 5.11 Å². The maximum Gasteiger partial charge on any atom is 0.191 e. The van der Waals surface area contributed by atoms with Crippen molar-refractivity contribution in [2.45, 2.75) is 70.1 Å². The Hall–Kier alpha value is -0.850. The van der Waals surface area contributed by atoms with Crippen LogP contribution in [0.25, 0.3) is 0 Å². The highest BCUT2D eigenvalue weighted by Gasteiger charge is 2.20. The van der Waals surface area contributed by atoms with Gasteiger partial charge in [-0.25, -0.2) is 0 Å². The lowest BCUT2D eigenvalue weighted by atomic mass is 9.93. The first kappa shape index (κ1) is 18.5. The van der Waals surface area contributed by atoms with Crippen molar-refractivity contribution in [3.63, 3.8) is 0 Å². The van der Waals surface area contributed by atoms with Crippen LogP contribution in [0.3, 0.4) is 0 Å². The number of hydrogen-bond donors (Lipinski definition) is 3. The van der Waals surface area contributed by atoms with E-state index in [1.807, 2.05) is 0 Å². The van der Waals surface area contributed by atoms with E-state index in [4.69, 9.17) is 9.47 Å². The molecule has 23 heavy (non-hydrogen) atoms. The highest BCUT2D eigenvalue weighted by atomic mass is 16.5. The average molecular weight is 327 g/mol. The highest BCUT2D eigenvalue weighted by molar-refractivity contribution is 5.80. The van der Waals surface area contributed by atoms with E-state index in [1.54, 1.807) is 0 Å². The van der Waals surface area contributed by atoms with Crippen LogP contribution in [0, 0.1) is 0 Å². The van der Waals surface area contributed by atoms with E-state index in [1.165, 1.54) is 0 Å². The third-order valence-corrected chi connectivity index (χ3v) is 4.48. The lowest BCUT2D eigenvalue weighted by molar-refractivity contribution is -0.0318. The Labute approximate surface area is 140 Å². The predicted octanol–water partition coefficient (Wildman–Crippen LogP) is 1.43. The number of guanidine groups is 1. The number of aliphatic imine (C=N–C) groups is 1. The van der Waals surface area contributed by atoms with Gasteiger partial charge in [-0.2, -0.15) is 0 Å². The van der Waals surface area contributed by atoms with E-state index in [2.05, 4.69) is 22.5 Å². The van der Waals surface area contributed by atoms with Gasteiger partial charge in [0, 0.05) is 39.0 Å². The summed E-state index contributed by atoms with van der Waals surface area (Å²) in [5.41, 5.74) is 0. The van der Waals surface area contributed by atoms with Gasteiger partial charge in [0.1, 0.15) is 0 Å². The van der Waals surface area contributed by atoms with Gasteiger partial charge in [0.05, 0.1) is 12.2 Å². The van der Waals surface area contributed by atoms with Crippen molar-refractivity contribution in [2.75, 3.05) is 32.9 Å². The molecular formula is C17H33N3O3. The standard InChI is InChI=1S/C17H33N3O3/c1-2-18-17(20-14-4-6-15(21)7-5-14)19-10-3-11-23-16-8-12-22-13-9-16/h14-16,21H,2-13H2,1H3,(H2,18,19,20). The molecular weight excluding hydrogens is 294 g/mol. The van der Waals surface area contributed by atoms with Gasteiger partial charge >= 0.3 is 0 Å². The van der Waals surface area contributed by atoms with Gasteiger partial charge in [-0.3, -0.25) is 4.99 Å². The molecule has 6 nitrogen and oxygen atoms in total. The minimum Gasteiger partial charge on any atom is -0.393 e. The van der Waals surface area contributed by atoms with Crippen molar-refractivity contribution in [1.29, 1.82) is 0 Å². The molecule has 0 radical (unpaired) electrons. The number of hydrogen-bond acceptors (Lipinski definition) is 4. The third kappa shape index (κ3) is 7.50. The lowest BCUT2D eigenvalue weighted by Crippen LogP contribution is -2.45. The Kier molecular flexibility index (Phi) is 8.71. The van der Waals surface area contributed by atoms with E-state index < -0.39 is 0 Å². The fraction of sp³-hybridized carbons (Fsp3) is 0.941. The molecule has 1 aliphatic carbocycles. The van der Waals surface area contributed by atoms with Gasteiger partial charge in [-0.1, -0.05) is 0 Å². The molecule has 3 N–H and O–H groups in total. The molecule has 1 saturated carbocycles. The summed E-state index contributed by atoms with van der Waals surface area (Å²) in [6.07, 6.45) is 7.02. The van der Waals surface area contributed by atoms with Gasteiger partial charge in [-0.15, -0.1) is 0 Å². The smallest absolute Gasteiger partial charge is 0.191 e. The molecule has 1 aliphatic heterocycles. The van der Waals surface area contributed by atoms with Crippen LogP contribution in [-0.4, -0.2) is 62.2 Å². The second kappa shape index (κ2) is 10.8. The van der Waals surface area contributed by atoms with Crippen molar-refractivity contribution in [1.82, 2.24) is 10.6 Å². The van der Waals surface area contributed by atoms with Crippen LogP contribution in [0.4, 0.5) is 0 Å². The Morgan fingerprint density at radius 2 is 1.91 bits per heavy atom. The molecule has 0 bridgehead atoms. The summed E-state index contributed by atoms with van der Waals surface area (Å²) in [6, 6.07) is 0.426. The summed E-state index contributed by atoms with van der Waals surface area (Å²) in [6.45, 7) is 6.13. The van der Waals surface area contributed by atoms with Gasteiger partial charge in [0.25, 0.3) is 0 Å². The molecule has 0 atom stereocenters. The van der Waals surface area contributed by atoms with Gasteiger partial charge < -0.3 is 25.2 Å². The number of aliphatic hydroxyl groups excluding tert-OH is 1. The van der Waals surface area contributed by atoms with Crippen molar-refractivity contribution in [3.05, 3.63) is 0 Å². The van der Waals surface area contributed by atoms with E-state index in [-0.39, 0.29) is 6.10 Å². The van der Waals surface area contributed by atoms with Crippen LogP contribution in [0.15, 0.2) is 4.99 Å². The van der Waals surface area contributed by atoms with Crippen molar-refractivity contribution in [3.8, 4) is 0 Å². The van der Waals surface area contributed by atoms with Crippen LogP contribution < -0.4 is 10.6 Å². The van der Waals surface area contributed by atoms with E-state index in [0.717, 1.165) is 83.8 Å². The van der Waals surface area contributed by atoms with Gasteiger partial charge in [0.15, 0.2) is 5.96 Å². The second-order valence-corrected chi connectivity index (χ2v) is 6.45. The van der Waals surface area contributed by atoms with Crippen molar-refractivity contribution >= 4 is 5.96 Å². The zero-order valence-corrected chi connectivity index (χ0v) is 14.4. The average Bonchev–Trinajstić information content (AvgIpc) is 2.57. The van der Waals surface area contributed by atoms with Crippen LogP contribution in [0.5, 0.6) is 0 Å². The zero-order chi connectivity index (χ0) is 16.3. The molecule has 0 aromatic rings. The number of nitrogens with one attached hydrogen (secondary N) is 2. The fourth-order valence-electron chi connectivity index (χ4n) is 3.08. The molecule has 134 valence electrons. The molecule has 1 heterocycles. The predicted molar refractivity (Wildman–Crippen MR) is 91.8 cm³/mol. The molecule has 0 amide bonds. The zero-order valence-electron chi connectivity index (χ0n) is 14.4. The number of aliphatic hydroxyl groups is 1. The quantitative estimate of drug-likeness (QED) is 0.375. The first-order valence-electron chi connectivity index (χ1n) is 9.20. The second-order valence-electron chi connectivity index (χ2n) is 6.45. The fourth-order valence-corrected chi connectivity index (χ4v) is 3.08. The summed E-state index contributed by atoms with van der Waals surface area (Å²) in [5.74, 6) is 0.889. The van der Waals surface area contributed by atoms with E-state index in [0.29, 0.717) is 12.1 Å². The van der Waals surface area contributed by atoms with Gasteiger partial charge in [-0.05, 0) is 51.9 Å². The third-order valence-electron chi connectivity index (χ3n) is 4.48. The summed E-state index contributed by atoms with van der Waals surface area (Å²) >= 11 is 0. The Morgan fingerprint density at radius 1 is 1.17 bits per heavy atom. The first-order chi connectivity index (χ1) is 11.3. The summed E-state index contributed by atoms with van der Waals surface area (Å²) in [4.78, 5) is 4.64. The van der Waals surface area contributed by atoms with Crippen LogP contribution in [-0.2, 0) is 9.47 Å². The Balaban J connectivity index is 1.62. The van der Waals surface area contributed by atoms with Crippen LogP contribution in [0.2, 0.25) is 0 Å². The minimum atomic E-state index is -0.116. The molecule has 1 saturated heterocycles. The molecule has 2 aliphatic rings. The molecule has 6 heteroatoms. The summed E-state index contributed by atoms with van der Waals surface area (Å²) in [5, 5.41) is 16.4. The maximum atomic E-state index is 9.58. The first-order valence-corrected chi connectivity index (χ1v) is 9.20. The molecule has 0 spiro atoms. The Bertz CT molecular complexity index is 338. The minimum absolute atomic E-state index is 0.116. The highest BCUT2D eigenvalue weighted by Crippen LogP contribution is 2.18. The SMILES string of the molecule is CCNC(=NCCCOC1CCOCC1)NC1CCC(O)CC1. The molecule has 0 unspecified atom stereocenters. The van der Waals surface area contributed by atoms with Crippen LogP contribution >= 0.6 is 0 Å².